The number of carbonyl (C=O) groups is 7. The van der Waals surface area contributed by atoms with Crippen LogP contribution in [0, 0.1) is 34.9 Å². The van der Waals surface area contributed by atoms with Crippen molar-refractivity contribution in [1.29, 1.82) is 0 Å². The molecule has 0 spiro atoms. The molecular weight excluding hydrogens is 806 g/mol. The summed E-state index contributed by atoms with van der Waals surface area (Å²) >= 11 is 0. The first-order valence-electron chi connectivity index (χ1n) is 21.8. The number of carbonyl (C=O) groups excluding carboxylic acids is 5. The molecule has 1 aromatic rings. The molecule has 1 aromatic carbocycles. The Hall–Kier alpha value is -4.62. The predicted octanol–water partition coefficient (Wildman–Crippen LogP) is 1.93. The van der Waals surface area contributed by atoms with Gasteiger partial charge in [-0.15, -0.1) is 0 Å². The van der Waals surface area contributed by atoms with Crippen LogP contribution in [0.3, 0.4) is 0 Å². The molecule has 8 N–H and O–H groups in total. The first-order chi connectivity index (χ1) is 29.0. The number of hydrogen-bond acceptors (Lipinski definition) is 10. The van der Waals surface area contributed by atoms with E-state index in [-0.39, 0.29) is 36.2 Å². The highest BCUT2D eigenvalue weighted by molar-refractivity contribution is 6.48. The first-order valence-corrected chi connectivity index (χ1v) is 21.8. The lowest BCUT2D eigenvalue weighted by Crippen LogP contribution is -2.65. The molecule has 3 saturated carbocycles. The van der Waals surface area contributed by atoms with Gasteiger partial charge in [-0.2, -0.15) is 0 Å². The summed E-state index contributed by atoms with van der Waals surface area (Å²) in [6.45, 7) is 13.6. The Kier molecular flexibility index (Phi) is 15.5. The van der Waals surface area contributed by atoms with Gasteiger partial charge in [-0.05, 0) is 98.7 Å². The molecule has 2 heterocycles. The van der Waals surface area contributed by atoms with Gasteiger partial charge in [0, 0.05) is 13.0 Å². The Bertz CT molecular complexity index is 1870. The summed E-state index contributed by atoms with van der Waals surface area (Å²) < 4.78 is 27.5. The van der Waals surface area contributed by atoms with Crippen LogP contribution in [0.2, 0.25) is 0 Å². The van der Waals surface area contributed by atoms with Crippen LogP contribution in [0.15, 0.2) is 24.3 Å². The first kappa shape index (κ1) is 48.4. The smallest absolute Gasteiger partial charge is 0.481 e. The van der Waals surface area contributed by atoms with Crippen LogP contribution < -0.4 is 27.0 Å². The zero-order valence-corrected chi connectivity index (χ0v) is 36.8. The third-order valence-electron chi connectivity index (χ3n) is 13.6. The van der Waals surface area contributed by atoms with Crippen molar-refractivity contribution in [1.82, 2.24) is 26.2 Å². The fourth-order valence-electron chi connectivity index (χ4n) is 9.76. The molecule has 0 aromatic heterocycles. The van der Waals surface area contributed by atoms with E-state index < -0.39 is 115 Å². The summed E-state index contributed by atoms with van der Waals surface area (Å²) in [5, 5.41) is 29.1. The topological polar surface area (TPSA) is 256 Å². The normalized spacial score (nSPS) is 26.0. The maximum Gasteiger partial charge on any atom is 0.481 e. The van der Waals surface area contributed by atoms with E-state index >= 15 is 0 Å². The van der Waals surface area contributed by atoms with Gasteiger partial charge in [0.15, 0.2) is 0 Å². The minimum absolute atomic E-state index is 0.0961. The lowest BCUT2D eigenvalue weighted by molar-refractivity contribution is -0.199. The minimum atomic E-state index is -1.52. The molecule has 2 bridgehead atoms. The maximum atomic E-state index is 14.4. The zero-order valence-electron chi connectivity index (χ0n) is 36.8. The lowest BCUT2D eigenvalue weighted by Gasteiger charge is -2.64. The van der Waals surface area contributed by atoms with E-state index in [4.69, 9.17) is 20.1 Å². The molecule has 5 fully saturated rings. The second-order valence-electron chi connectivity index (χ2n) is 19.0. The Balaban J connectivity index is 1.28. The zero-order chi connectivity index (χ0) is 45.8. The van der Waals surface area contributed by atoms with Crippen molar-refractivity contribution in [3.63, 3.8) is 0 Å². The molecule has 342 valence electrons. The minimum Gasteiger partial charge on any atom is -0.481 e. The lowest BCUT2D eigenvalue weighted by atomic mass is 9.43. The number of halogens is 1. The number of nitrogens with zero attached hydrogens (tertiary/aromatic N) is 1. The van der Waals surface area contributed by atoms with E-state index in [9.17, 15) is 43.1 Å². The highest BCUT2D eigenvalue weighted by Crippen LogP contribution is 2.65. The average molecular weight is 871 g/mol. The summed E-state index contributed by atoms with van der Waals surface area (Å²) in [6.07, 6.45) is 1.79. The van der Waals surface area contributed by atoms with Crippen molar-refractivity contribution < 1.29 is 57.5 Å². The molecule has 0 unspecified atom stereocenters. The number of hydrogen-bond donors (Lipinski definition) is 7. The summed E-state index contributed by atoms with van der Waals surface area (Å²) in [6, 6.07) is 0.0426. The number of aliphatic carboxylic acids is 2. The van der Waals surface area contributed by atoms with Gasteiger partial charge in [0.2, 0.25) is 29.5 Å². The number of benzene rings is 1. The molecule has 62 heavy (non-hydrogen) atoms. The molecule has 2 aliphatic heterocycles. The van der Waals surface area contributed by atoms with Crippen molar-refractivity contribution in [3.8, 4) is 0 Å². The van der Waals surface area contributed by atoms with Crippen LogP contribution in [0.25, 0.3) is 0 Å². The summed E-state index contributed by atoms with van der Waals surface area (Å²) in [5.41, 5.74) is 5.96. The molecule has 5 amide bonds. The van der Waals surface area contributed by atoms with E-state index in [0.29, 0.717) is 31.6 Å². The van der Waals surface area contributed by atoms with Crippen LogP contribution in [0.4, 0.5) is 4.39 Å². The highest BCUT2D eigenvalue weighted by atomic mass is 19.1. The number of nitrogens with two attached hydrogens (primary N) is 1. The Morgan fingerprint density at radius 1 is 0.903 bits per heavy atom. The Morgan fingerprint density at radius 3 is 2.19 bits per heavy atom. The molecule has 5 aliphatic rings. The van der Waals surface area contributed by atoms with Gasteiger partial charge in [-0.25, -0.2) is 4.39 Å². The van der Waals surface area contributed by atoms with Crippen LogP contribution >= 0.6 is 0 Å². The van der Waals surface area contributed by atoms with Crippen molar-refractivity contribution in [3.05, 3.63) is 35.6 Å². The molecule has 0 radical (unpaired) electrons. The van der Waals surface area contributed by atoms with Gasteiger partial charge in [0.1, 0.15) is 30.0 Å². The van der Waals surface area contributed by atoms with Crippen molar-refractivity contribution in [2.75, 3.05) is 6.54 Å². The van der Waals surface area contributed by atoms with Crippen LogP contribution in [-0.4, -0.2) is 118 Å². The second kappa shape index (κ2) is 19.8. The van der Waals surface area contributed by atoms with Crippen molar-refractivity contribution in [2.45, 2.75) is 154 Å². The number of carboxylic acids is 2. The second-order valence-corrected chi connectivity index (χ2v) is 19.0. The highest BCUT2D eigenvalue weighted by Gasteiger charge is 2.68. The monoisotopic (exact) mass is 870 g/mol. The van der Waals surface area contributed by atoms with E-state index in [1.807, 2.05) is 6.07 Å². The predicted molar refractivity (Wildman–Crippen MR) is 224 cm³/mol. The maximum absolute atomic E-state index is 14.4. The average Bonchev–Trinajstić information content (AvgIpc) is 3.83. The Morgan fingerprint density at radius 2 is 1.58 bits per heavy atom. The molecule has 19 heteroatoms. The van der Waals surface area contributed by atoms with E-state index in [1.54, 1.807) is 33.8 Å². The van der Waals surface area contributed by atoms with Gasteiger partial charge in [-0.3, -0.25) is 33.6 Å². The van der Waals surface area contributed by atoms with Crippen molar-refractivity contribution >= 4 is 48.6 Å². The number of aryl methyl sites for hydroxylation is 1. The summed E-state index contributed by atoms with van der Waals surface area (Å²) in [4.78, 5) is 92.6. The van der Waals surface area contributed by atoms with E-state index in [0.717, 1.165) is 18.4 Å². The largest absolute Gasteiger partial charge is 0.481 e. The van der Waals surface area contributed by atoms with Gasteiger partial charge in [0.25, 0.3) is 0 Å². The molecule has 6 rings (SSSR count). The number of nitrogens with one attached hydrogen (secondary N) is 4. The number of likely N-dealkylation sites (tertiary alicyclic amines) is 1. The third-order valence-corrected chi connectivity index (χ3v) is 13.6. The fraction of sp³-hybridized carbons (Fsp3) is 0.698. The van der Waals surface area contributed by atoms with Crippen molar-refractivity contribution in [2.24, 2.45) is 34.8 Å². The quantitative estimate of drug-likeness (QED) is 0.0929. The number of carboxylic acid groups (broad SMARTS) is 2. The van der Waals surface area contributed by atoms with Gasteiger partial charge >= 0.3 is 19.1 Å². The number of rotatable bonds is 20. The fourth-order valence-corrected chi connectivity index (χ4v) is 9.76. The Labute approximate surface area is 362 Å². The standard InChI is InChI=1S/C43H64BFN6O11/c1-22(2)35(49-38(57)28(14-16-33(52)53)47-37(56)27(46)21-34(54)55)40(59)50-36(23(3)4)41(60)51-17-9-12-29(51)39(58)48-32(15-13-24-10-8-11-26(45)18-24)44-61-31-20-25-19-30(42(25,5)6)43(31,7)62-44/h8,10-11,18,22-23,25,27-32,35-36H,9,12-17,19-21,46H2,1-7H3,(H,47,56)(H,48,58)(H,49,57)(H,50,59)(H,52,53)(H,54,55)/t25-,27-,28-,29-,30+,31+,32-,35-,36-,43-/m0/s1. The molecule has 2 saturated heterocycles. The molecular formula is C43H64BFN6O11. The van der Waals surface area contributed by atoms with Gasteiger partial charge in [-0.1, -0.05) is 53.7 Å². The van der Waals surface area contributed by atoms with Crippen LogP contribution in [0.5, 0.6) is 0 Å². The van der Waals surface area contributed by atoms with Gasteiger partial charge in [0.05, 0.1) is 30.1 Å². The summed E-state index contributed by atoms with van der Waals surface area (Å²) in [5.74, 6) is -7.35. The molecule has 10 atom stereocenters. The van der Waals surface area contributed by atoms with E-state index in [1.165, 1.54) is 17.0 Å². The van der Waals surface area contributed by atoms with Crippen LogP contribution in [-0.2, 0) is 49.3 Å². The summed E-state index contributed by atoms with van der Waals surface area (Å²) in [7, 11) is -0.771. The van der Waals surface area contributed by atoms with Crippen LogP contribution in [0.1, 0.15) is 105 Å². The van der Waals surface area contributed by atoms with Gasteiger partial charge < -0.3 is 51.4 Å². The van der Waals surface area contributed by atoms with E-state index in [2.05, 4.69) is 42.0 Å². The number of amides is 5. The third kappa shape index (κ3) is 10.9. The molecule has 3 aliphatic carbocycles. The SMILES string of the molecule is CC(C)[C@H](NC(=O)[C@H](CCC(=O)O)NC(=O)[C@@H](N)CC(=O)O)C(=O)N[C@H](C(=O)N1CCC[C@H]1C(=O)N[C@@H](CCc1cccc(F)c1)B1O[C@@H]2C[C@@H]3C[C@H](C3(C)C)[C@]2(C)O1)C(C)C. The molecule has 17 nitrogen and oxygen atoms in total.